The summed E-state index contributed by atoms with van der Waals surface area (Å²) in [6, 6.07) is 3.85. The Labute approximate surface area is 104 Å². The molecule has 1 aliphatic rings. The van der Waals surface area contributed by atoms with E-state index in [0.29, 0.717) is 6.42 Å². The molecule has 0 spiro atoms. The first-order valence-electron chi connectivity index (χ1n) is 5.94. The Morgan fingerprint density at radius 1 is 1.47 bits per heavy atom. The van der Waals surface area contributed by atoms with Crippen LogP contribution in [0.2, 0.25) is 0 Å². The summed E-state index contributed by atoms with van der Waals surface area (Å²) in [7, 11) is -0.650. The summed E-state index contributed by atoms with van der Waals surface area (Å²) in [5, 5.41) is 9.65. The first kappa shape index (κ1) is 12.5. The molecule has 1 aromatic heterocycles. The average molecular weight is 254 g/mol. The van der Waals surface area contributed by atoms with E-state index in [-0.39, 0.29) is 0 Å². The molecule has 0 radical (unpaired) electrons. The lowest BCUT2D eigenvalue weighted by Gasteiger charge is -2.28. The molecule has 1 fully saturated rings. The van der Waals surface area contributed by atoms with Crippen LogP contribution in [0.3, 0.4) is 0 Å². The van der Waals surface area contributed by atoms with Gasteiger partial charge in [0.05, 0.1) is 23.7 Å². The van der Waals surface area contributed by atoms with E-state index in [1.165, 1.54) is 0 Å². The second kappa shape index (κ2) is 5.60. The van der Waals surface area contributed by atoms with Crippen LogP contribution in [0.1, 0.15) is 25.1 Å². The number of aliphatic hydroxyl groups is 1. The number of rotatable bonds is 3. The third-order valence-corrected chi connectivity index (χ3v) is 4.32. The Hall–Kier alpha value is -0.940. The molecule has 1 aliphatic heterocycles. The predicted octanol–water partition coefficient (Wildman–Crippen LogP) is 1.09. The van der Waals surface area contributed by atoms with Crippen LogP contribution in [0.5, 0.6) is 0 Å². The van der Waals surface area contributed by atoms with E-state index < -0.39 is 16.9 Å². The van der Waals surface area contributed by atoms with Gasteiger partial charge in [-0.3, -0.25) is 9.19 Å². The number of anilines is 1. The van der Waals surface area contributed by atoms with Gasteiger partial charge in [-0.05, 0) is 18.6 Å². The second-order valence-corrected chi connectivity index (χ2v) is 5.90. The number of pyridine rings is 1. The van der Waals surface area contributed by atoms with Gasteiger partial charge in [-0.2, -0.15) is 0 Å². The van der Waals surface area contributed by atoms with Crippen molar-refractivity contribution in [1.29, 1.82) is 0 Å². The van der Waals surface area contributed by atoms with Crippen LogP contribution in [0.25, 0.3) is 0 Å². The van der Waals surface area contributed by atoms with Crippen LogP contribution in [-0.2, 0) is 10.8 Å². The molecule has 1 N–H and O–H groups in total. The Balaban J connectivity index is 2.05. The largest absolute Gasteiger partial charge is 0.387 e. The zero-order chi connectivity index (χ0) is 12.3. The van der Waals surface area contributed by atoms with E-state index in [9.17, 15) is 9.32 Å². The fourth-order valence-electron chi connectivity index (χ4n) is 1.89. The van der Waals surface area contributed by atoms with Crippen LogP contribution in [0, 0.1) is 0 Å². The van der Waals surface area contributed by atoms with Gasteiger partial charge in [0.15, 0.2) is 0 Å². The van der Waals surface area contributed by atoms with Crippen molar-refractivity contribution in [3.05, 3.63) is 24.0 Å². The minimum atomic E-state index is -0.650. The van der Waals surface area contributed by atoms with Gasteiger partial charge in [0.25, 0.3) is 0 Å². The monoisotopic (exact) mass is 254 g/mol. The fourth-order valence-corrected chi connectivity index (χ4v) is 2.94. The van der Waals surface area contributed by atoms with Crippen LogP contribution in [0.15, 0.2) is 18.3 Å². The molecule has 1 atom stereocenters. The molecule has 17 heavy (non-hydrogen) atoms. The highest BCUT2D eigenvalue weighted by atomic mass is 32.2. The van der Waals surface area contributed by atoms with E-state index in [2.05, 4.69) is 9.88 Å². The summed E-state index contributed by atoms with van der Waals surface area (Å²) in [6.07, 6.45) is 2.00. The van der Waals surface area contributed by atoms with Crippen molar-refractivity contribution in [3.63, 3.8) is 0 Å². The lowest BCUT2D eigenvalue weighted by atomic mass is 10.2. The second-order valence-electron chi connectivity index (χ2n) is 4.20. The SMILES string of the molecule is CC[C@@H](O)c1ccc(N2CCS(=O)CC2)cn1. The lowest BCUT2D eigenvalue weighted by Crippen LogP contribution is -2.37. The molecule has 94 valence electrons. The van der Waals surface area contributed by atoms with E-state index >= 15 is 0 Å². The molecule has 4 nitrogen and oxygen atoms in total. The van der Waals surface area contributed by atoms with Crippen molar-refractivity contribution >= 4 is 16.5 Å². The molecule has 1 aromatic rings. The molecule has 0 amide bonds. The number of nitrogens with zero attached hydrogens (tertiary/aromatic N) is 2. The Morgan fingerprint density at radius 3 is 2.71 bits per heavy atom. The highest BCUT2D eigenvalue weighted by Crippen LogP contribution is 2.19. The van der Waals surface area contributed by atoms with E-state index in [4.69, 9.17) is 0 Å². The number of aliphatic hydroxyl groups excluding tert-OH is 1. The van der Waals surface area contributed by atoms with Crippen LogP contribution >= 0.6 is 0 Å². The van der Waals surface area contributed by atoms with Crippen molar-refractivity contribution in [3.8, 4) is 0 Å². The fraction of sp³-hybridized carbons (Fsp3) is 0.583. The first-order valence-corrected chi connectivity index (χ1v) is 7.43. The van der Waals surface area contributed by atoms with Crippen LogP contribution in [-0.4, -0.2) is 38.9 Å². The maximum absolute atomic E-state index is 11.3. The summed E-state index contributed by atoms with van der Waals surface area (Å²) in [6.45, 7) is 3.58. The third kappa shape index (κ3) is 3.04. The molecule has 0 bridgehead atoms. The first-order chi connectivity index (χ1) is 8.20. The molecular formula is C12H18N2O2S. The molecule has 1 saturated heterocycles. The van der Waals surface area contributed by atoms with Crippen molar-refractivity contribution in [2.45, 2.75) is 19.4 Å². The summed E-state index contributed by atoms with van der Waals surface area (Å²) in [4.78, 5) is 6.47. The highest BCUT2D eigenvalue weighted by molar-refractivity contribution is 7.85. The van der Waals surface area contributed by atoms with Gasteiger partial charge in [0.1, 0.15) is 0 Å². The summed E-state index contributed by atoms with van der Waals surface area (Å²) in [5.41, 5.74) is 1.77. The molecule has 2 heterocycles. The van der Waals surface area contributed by atoms with Crippen molar-refractivity contribution in [2.75, 3.05) is 29.5 Å². The molecular weight excluding hydrogens is 236 g/mol. The smallest absolute Gasteiger partial charge is 0.0957 e. The molecule has 0 saturated carbocycles. The number of aromatic nitrogens is 1. The van der Waals surface area contributed by atoms with Gasteiger partial charge in [-0.15, -0.1) is 0 Å². The summed E-state index contributed by atoms with van der Waals surface area (Å²) >= 11 is 0. The molecule has 0 aliphatic carbocycles. The molecule has 2 rings (SSSR count). The molecule has 0 aromatic carbocycles. The number of hydrogen-bond acceptors (Lipinski definition) is 4. The Morgan fingerprint density at radius 2 is 2.18 bits per heavy atom. The maximum Gasteiger partial charge on any atom is 0.0957 e. The zero-order valence-corrected chi connectivity index (χ0v) is 10.8. The van der Waals surface area contributed by atoms with E-state index in [1.807, 2.05) is 19.1 Å². The van der Waals surface area contributed by atoms with Crippen molar-refractivity contribution in [2.24, 2.45) is 0 Å². The van der Waals surface area contributed by atoms with Gasteiger partial charge >= 0.3 is 0 Å². The summed E-state index contributed by atoms with van der Waals surface area (Å²) < 4.78 is 11.3. The molecule has 0 unspecified atom stereocenters. The minimum absolute atomic E-state index is 0.474. The van der Waals surface area contributed by atoms with Gasteiger partial charge in [0.2, 0.25) is 0 Å². The standard InChI is InChI=1S/C12H18N2O2S/c1-2-12(15)11-4-3-10(9-13-11)14-5-7-17(16)8-6-14/h3-4,9,12,15H,2,5-8H2,1H3/t12-/m1/s1. The Bertz CT molecular complexity index is 384. The average Bonchev–Trinajstić information content (AvgIpc) is 2.39. The highest BCUT2D eigenvalue weighted by Gasteiger charge is 2.16. The molecule has 5 heteroatoms. The van der Waals surface area contributed by atoms with E-state index in [1.54, 1.807) is 6.20 Å². The summed E-state index contributed by atoms with van der Waals surface area (Å²) in [5.74, 6) is 1.47. The zero-order valence-electron chi connectivity index (χ0n) is 10.0. The van der Waals surface area contributed by atoms with Gasteiger partial charge in [-0.1, -0.05) is 6.92 Å². The lowest BCUT2D eigenvalue weighted by molar-refractivity contribution is 0.169. The maximum atomic E-state index is 11.3. The van der Waals surface area contributed by atoms with Crippen LogP contribution in [0.4, 0.5) is 5.69 Å². The van der Waals surface area contributed by atoms with Gasteiger partial charge < -0.3 is 10.0 Å². The predicted molar refractivity (Wildman–Crippen MR) is 69.6 cm³/mol. The van der Waals surface area contributed by atoms with Crippen LogP contribution < -0.4 is 4.90 Å². The van der Waals surface area contributed by atoms with Crippen molar-refractivity contribution < 1.29 is 9.32 Å². The van der Waals surface area contributed by atoms with Crippen molar-refractivity contribution in [1.82, 2.24) is 4.98 Å². The Kier molecular flexibility index (Phi) is 4.12. The topological polar surface area (TPSA) is 53.4 Å². The van der Waals surface area contributed by atoms with Gasteiger partial charge in [-0.25, -0.2) is 0 Å². The normalized spacial score (nSPS) is 19.3. The third-order valence-electron chi connectivity index (χ3n) is 3.04. The van der Waals surface area contributed by atoms with E-state index in [0.717, 1.165) is 36.0 Å². The van der Waals surface area contributed by atoms with Gasteiger partial charge in [0, 0.05) is 35.4 Å². The quantitative estimate of drug-likeness (QED) is 0.877. The number of hydrogen-bond donors (Lipinski definition) is 1. The minimum Gasteiger partial charge on any atom is -0.387 e.